The molecule has 2 rings (SSSR count). The molecule has 2 aromatic carbocycles. The number of methoxy groups -OCH3 is 2. The molecule has 0 aliphatic carbocycles. The third kappa shape index (κ3) is 2.99. The Morgan fingerprint density at radius 1 is 1.05 bits per heavy atom. The maximum Gasteiger partial charge on any atom is 0.142 e. The molecule has 20 heavy (non-hydrogen) atoms. The first-order chi connectivity index (χ1) is 9.58. The minimum Gasteiger partial charge on any atom is -0.497 e. The van der Waals surface area contributed by atoms with Crippen molar-refractivity contribution in [1.82, 2.24) is 0 Å². The van der Waals surface area contributed by atoms with Gasteiger partial charge in [-0.2, -0.15) is 0 Å². The van der Waals surface area contributed by atoms with Crippen LogP contribution in [0.25, 0.3) is 0 Å². The van der Waals surface area contributed by atoms with Crippen molar-refractivity contribution in [2.75, 3.05) is 14.2 Å². The third-order valence-electron chi connectivity index (χ3n) is 2.96. The van der Waals surface area contributed by atoms with Gasteiger partial charge in [-0.25, -0.2) is 4.39 Å². The van der Waals surface area contributed by atoms with Crippen LogP contribution in [0.15, 0.2) is 40.9 Å². The summed E-state index contributed by atoms with van der Waals surface area (Å²) < 4.78 is 25.2. The molecule has 0 aliphatic rings. The van der Waals surface area contributed by atoms with Crippen LogP contribution in [0, 0.1) is 5.82 Å². The van der Waals surface area contributed by atoms with E-state index in [1.807, 2.05) is 6.07 Å². The number of benzene rings is 2. The molecule has 0 radical (unpaired) electrons. The van der Waals surface area contributed by atoms with Crippen LogP contribution in [0.3, 0.4) is 0 Å². The van der Waals surface area contributed by atoms with E-state index in [2.05, 4.69) is 31.9 Å². The Morgan fingerprint density at radius 3 is 2.45 bits per heavy atom. The van der Waals surface area contributed by atoms with Crippen molar-refractivity contribution in [1.29, 1.82) is 0 Å². The highest BCUT2D eigenvalue weighted by Crippen LogP contribution is 2.40. The predicted molar refractivity (Wildman–Crippen MR) is 84.4 cm³/mol. The second-order valence-electron chi connectivity index (χ2n) is 4.11. The highest BCUT2D eigenvalue weighted by molar-refractivity contribution is 9.10. The average Bonchev–Trinajstić information content (AvgIpc) is 2.48. The minimum atomic E-state index is -0.329. The SMILES string of the molecule is COc1ccc(OC)c(C(Br)c2cccc(Br)c2F)c1. The largest absolute Gasteiger partial charge is 0.497 e. The molecule has 0 N–H and O–H groups in total. The van der Waals surface area contributed by atoms with Gasteiger partial charge in [-0.15, -0.1) is 0 Å². The molecule has 5 heteroatoms. The smallest absolute Gasteiger partial charge is 0.142 e. The summed E-state index contributed by atoms with van der Waals surface area (Å²) in [7, 11) is 3.18. The van der Waals surface area contributed by atoms with E-state index in [-0.39, 0.29) is 10.6 Å². The van der Waals surface area contributed by atoms with Gasteiger partial charge in [0.25, 0.3) is 0 Å². The van der Waals surface area contributed by atoms with Gasteiger partial charge in [-0.05, 0) is 40.2 Å². The summed E-state index contributed by atoms with van der Waals surface area (Å²) in [5.41, 5.74) is 1.34. The van der Waals surface area contributed by atoms with Crippen molar-refractivity contribution in [3.05, 3.63) is 57.8 Å². The Bertz CT molecular complexity index is 617. The molecule has 2 aromatic rings. The van der Waals surface area contributed by atoms with Crippen molar-refractivity contribution < 1.29 is 13.9 Å². The first-order valence-electron chi connectivity index (χ1n) is 5.88. The molecule has 0 saturated heterocycles. The van der Waals surface area contributed by atoms with Crippen molar-refractivity contribution >= 4 is 31.9 Å². The van der Waals surface area contributed by atoms with Gasteiger partial charge in [0.15, 0.2) is 0 Å². The summed E-state index contributed by atoms with van der Waals surface area (Å²) in [5.74, 6) is 1.08. The molecule has 0 aromatic heterocycles. The summed E-state index contributed by atoms with van der Waals surface area (Å²) in [6.07, 6.45) is 0. The number of hydrogen-bond donors (Lipinski definition) is 0. The van der Waals surface area contributed by atoms with Gasteiger partial charge in [-0.1, -0.05) is 28.1 Å². The molecule has 0 spiro atoms. The molecule has 0 saturated carbocycles. The van der Waals surface area contributed by atoms with E-state index < -0.39 is 0 Å². The van der Waals surface area contributed by atoms with E-state index in [0.29, 0.717) is 21.5 Å². The lowest BCUT2D eigenvalue weighted by Crippen LogP contribution is -2.01. The standard InChI is InChI=1S/C15H13Br2FO2/c1-19-9-6-7-13(20-2)11(8-9)14(17)10-4-3-5-12(16)15(10)18/h3-8,14H,1-2H3. The number of halogens is 3. The highest BCUT2D eigenvalue weighted by atomic mass is 79.9. The van der Waals surface area contributed by atoms with Gasteiger partial charge in [0, 0.05) is 11.1 Å². The normalized spacial score (nSPS) is 12.1. The van der Waals surface area contributed by atoms with Crippen molar-refractivity contribution in [3.63, 3.8) is 0 Å². The second-order valence-corrected chi connectivity index (χ2v) is 5.88. The predicted octanol–water partition coefficient (Wildman–Crippen LogP) is 5.09. The van der Waals surface area contributed by atoms with Crippen LogP contribution in [0.4, 0.5) is 4.39 Å². The Morgan fingerprint density at radius 2 is 1.80 bits per heavy atom. The van der Waals surface area contributed by atoms with Gasteiger partial charge in [-0.3, -0.25) is 0 Å². The molecule has 2 nitrogen and oxygen atoms in total. The van der Waals surface area contributed by atoms with E-state index >= 15 is 0 Å². The summed E-state index contributed by atoms with van der Waals surface area (Å²) in [4.78, 5) is -0.329. The molecule has 0 fully saturated rings. The number of hydrogen-bond acceptors (Lipinski definition) is 2. The Hall–Kier alpha value is -1.07. The Kier molecular flexibility index (Phi) is 5.05. The van der Waals surface area contributed by atoms with Crippen LogP contribution in [0.5, 0.6) is 11.5 Å². The molecule has 1 atom stereocenters. The van der Waals surface area contributed by atoms with Crippen molar-refractivity contribution in [3.8, 4) is 11.5 Å². The van der Waals surface area contributed by atoms with Crippen LogP contribution in [-0.4, -0.2) is 14.2 Å². The monoisotopic (exact) mass is 402 g/mol. The van der Waals surface area contributed by atoms with E-state index in [9.17, 15) is 4.39 Å². The van der Waals surface area contributed by atoms with Gasteiger partial charge in [0.05, 0.1) is 23.5 Å². The van der Waals surface area contributed by atoms with E-state index in [1.165, 1.54) is 0 Å². The lowest BCUT2D eigenvalue weighted by molar-refractivity contribution is 0.399. The van der Waals surface area contributed by atoms with Gasteiger partial charge in [0.1, 0.15) is 17.3 Å². The van der Waals surface area contributed by atoms with Gasteiger partial charge >= 0.3 is 0 Å². The van der Waals surface area contributed by atoms with Crippen LogP contribution in [-0.2, 0) is 0 Å². The lowest BCUT2D eigenvalue weighted by Gasteiger charge is -2.17. The van der Waals surface area contributed by atoms with Crippen LogP contribution in [0.1, 0.15) is 16.0 Å². The zero-order valence-corrected chi connectivity index (χ0v) is 14.2. The fraction of sp³-hybridized carbons (Fsp3) is 0.200. The van der Waals surface area contributed by atoms with Crippen molar-refractivity contribution in [2.45, 2.75) is 4.83 Å². The van der Waals surface area contributed by atoms with Crippen LogP contribution in [0.2, 0.25) is 0 Å². The summed E-state index contributed by atoms with van der Waals surface area (Å²) in [6.45, 7) is 0. The zero-order chi connectivity index (χ0) is 14.7. The quantitative estimate of drug-likeness (QED) is 0.662. The molecular weight excluding hydrogens is 391 g/mol. The summed E-state index contributed by atoms with van der Waals surface area (Å²) in [6, 6.07) is 10.6. The topological polar surface area (TPSA) is 18.5 Å². The van der Waals surface area contributed by atoms with E-state index in [0.717, 1.165) is 5.56 Å². The first-order valence-corrected chi connectivity index (χ1v) is 7.59. The van der Waals surface area contributed by atoms with Gasteiger partial charge < -0.3 is 9.47 Å². The first kappa shape index (κ1) is 15.3. The fourth-order valence-corrected chi connectivity index (χ4v) is 3.01. The number of rotatable bonds is 4. The molecule has 0 aliphatic heterocycles. The van der Waals surface area contributed by atoms with Crippen LogP contribution < -0.4 is 9.47 Å². The zero-order valence-electron chi connectivity index (χ0n) is 11.0. The molecule has 0 bridgehead atoms. The Labute approximate surface area is 134 Å². The number of ether oxygens (including phenoxy) is 2. The highest BCUT2D eigenvalue weighted by Gasteiger charge is 2.20. The van der Waals surface area contributed by atoms with Crippen LogP contribution >= 0.6 is 31.9 Å². The van der Waals surface area contributed by atoms with E-state index in [1.54, 1.807) is 44.6 Å². The average molecular weight is 404 g/mol. The maximum absolute atomic E-state index is 14.2. The molecule has 106 valence electrons. The van der Waals surface area contributed by atoms with E-state index in [4.69, 9.17) is 9.47 Å². The van der Waals surface area contributed by atoms with Gasteiger partial charge in [0.2, 0.25) is 0 Å². The fourth-order valence-electron chi connectivity index (χ4n) is 1.92. The van der Waals surface area contributed by atoms with Crippen molar-refractivity contribution in [2.24, 2.45) is 0 Å². The Balaban J connectivity index is 2.51. The molecule has 0 heterocycles. The summed E-state index contributed by atoms with van der Waals surface area (Å²) in [5, 5.41) is 0. The lowest BCUT2D eigenvalue weighted by atomic mass is 10.0. The minimum absolute atomic E-state index is 0.292. The number of alkyl halides is 1. The third-order valence-corrected chi connectivity index (χ3v) is 4.56. The molecule has 1 unspecified atom stereocenters. The molecular formula is C15H13Br2FO2. The second kappa shape index (κ2) is 6.59. The summed E-state index contributed by atoms with van der Waals surface area (Å²) >= 11 is 6.74. The molecule has 0 amide bonds. The maximum atomic E-state index is 14.2.